The Hall–Kier alpha value is -16.5. The van der Waals surface area contributed by atoms with E-state index in [4.69, 9.17) is 0 Å². The Kier molecular flexibility index (Phi) is 24.3. The van der Waals surface area contributed by atoms with Crippen LogP contribution < -0.4 is 0 Å². The molecule has 702 valence electrons. The van der Waals surface area contributed by atoms with Crippen molar-refractivity contribution in [1.29, 1.82) is 0 Å². The minimum absolute atomic E-state index is 0.0954. The van der Waals surface area contributed by atoms with Gasteiger partial charge in [0.25, 0.3) is 0 Å². The summed E-state index contributed by atoms with van der Waals surface area (Å²) >= 11 is 5.67. The predicted octanol–water partition coefficient (Wildman–Crippen LogP) is 43.1. The van der Waals surface area contributed by atoms with Gasteiger partial charge < -0.3 is 0 Å². The lowest BCUT2D eigenvalue weighted by Crippen LogP contribution is -2.10. The van der Waals surface area contributed by atoms with Crippen molar-refractivity contribution in [1.82, 2.24) is 0 Å². The molecule has 1 atom stereocenters. The molecule has 0 aliphatic rings. The SMILES string of the molecule is CC(C)(C)c1ccc(-c2c3ccccc3c(-c3ccccc3)c3ccc(-c4cccc(-c5cccc6c5sc5ccccc56)c4)cc23)cc1.CC(C)Cc1ccc(-c2c3ccccc3c(-c3ccccc3)c3ccc(-c4cccc(-c5cccc6c5sc5ccccc56)c4)cc23)cc1.CCC(C)c1ccc(-c2c3ccccc3c(-c3ccccc3)c3ccc(-c4cccc(-c5cccc6c5sc5ccccc56)c4)cc23)cc1. The first-order chi connectivity index (χ1) is 72.2. The van der Waals surface area contributed by atoms with E-state index >= 15 is 0 Å². The van der Waals surface area contributed by atoms with Crippen LogP contribution in [0.1, 0.15) is 77.5 Å². The zero-order valence-electron chi connectivity index (χ0n) is 83.6. The van der Waals surface area contributed by atoms with Crippen LogP contribution in [0.25, 0.3) is 259 Å². The van der Waals surface area contributed by atoms with Gasteiger partial charge in [-0.05, 0) is 300 Å². The maximum atomic E-state index is 2.44. The third kappa shape index (κ3) is 17.1. The van der Waals surface area contributed by atoms with Crippen molar-refractivity contribution in [2.24, 2.45) is 5.92 Å². The van der Waals surface area contributed by atoms with Crippen molar-refractivity contribution in [2.75, 3.05) is 0 Å². The first-order valence-electron chi connectivity index (χ1n) is 51.7. The van der Waals surface area contributed by atoms with Crippen LogP contribution in [0.3, 0.4) is 0 Å². The standard InChI is InChI=1S/3C48H36S/c1-48(2,3)36-26-23-32(24-27-36)46-40-19-8-7-18-39(40)45(31-13-5-4-6-14-31)41-28-25-34(30-43(41)46)33-15-11-16-35(29-33)37-20-12-21-42-38-17-9-10-22-44(38)49-47(37)42;1-31(2)28-32-22-24-34(25-23-32)47-41-18-7-6-17-40(41)46(33-12-4-3-5-13-33)42-27-26-36(30-44(42)47)35-14-10-15-37(29-35)38-19-11-20-43-39-16-8-9-21-45(39)49-48(38)43;1-3-31(2)32-23-25-34(26-24-32)47-41-19-8-7-18-40(41)46(33-13-5-4-6-14-33)42-28-27-36(30-44(42)47)35-15-11-16-37(29-35)38-20-12-21-43-39-17-9-10-22-45(39)49-48(38)43/h4-30H,1-3H3;3-27,29-31H,28H2,1-2H3;4-31H,3H2,1-2H3. The second-order valence-electron chi connectivity index (χ2n) is 40.9. The Labute approximate surface area is 872 Å². The molecular formula is C144H108S3. The molecule has 0 fully saturated rings. The summed E-state index contributed by atoms with van der Waals surface area (Å²) in [5, 5.41) is 23.4. The Morgan fingerprint density at radius 3 is 0.728 bits per heavy atom. The van der Waals surface area contributed by atoms with Crippen LogP contribution in [0.4, 0.5) is 0 Å². The van der Waals surface area contributed by atoms with Crippen molar-refractivity contribution in [3.05, 3.63) is 508 Å². The maximum Gasteiger partial charge on any atom is 0.0433 e. The maximum absolute atomic E-state index is 2.44. The summed E-state index contributed by atoms with van der Waals surface area (Å²) in [5.74, 6) is 1.17. The molecule has 24 aromatic carbocycles. The van der Waals surface area contributed by atoms with E-state index in [1.165, 1.54) is 275 Å². The molecule has 3 heteroatoms. The van der Waals surface area contributed by atoms with E-state index in [9.17, 15) is 0 Å². The summed E-state index contributed by atoms with van der Waals surface area (Å²) in [6, 6.07) is 182. The molecule has 0 saturated carbocycles. The highest BCUT2D eigenvalue weighted by molar-refractivity contribution is 7.27. The van der Waals surface area contributed by atoms with Gasteiger partial charge in [-0.25, -0.2) is 0 Å². The van der Waals surface area contributed by atoms with Gasteiger partial charge in [0.1, 0.15) is 0 Å². The monoisotopic (exact) mass is 1930 g/mol. The van der Waals surface area contributed by atoms with Crippen LogP contribution in [0.15, 0.2) is 491 Å². The van der Waals surface area contributed by atoms with E-state index < -0.39 is 0 Å². The van der Waals surface area contributed by atoms with Gasteiger partial charge in [-0.1, -0.05) is 485 Å². The van der Waals surface area contributed by atoms with Gasteiger partial charge in [-0.3, -0.25) is 0 Å². The molecule has 1 unspecified atom stereocenters. The number of benzene rings is 24. The fourth-order valence-electron chi connectivity index (χ4n) is 22.9. The molecule has 0 spiro atoms. The Balaban J connectivity index is 0.000000115. The summed E-state index contributed by atoms with van der Waals surface area (Å²) in [7, 11) is 0. The van der Waals surface area contributed by atoms with Crippen molar-refractivity contribution in [2.45, 2.75) is 72.6 Å². The second kappa shape index (κ2) is 38.9. The molecule has 27 aromatic rings. The minimum Gasteiger partial charge on any atom is -0.135 e. The largest absolute Gasteiger partial charge is 0.135 e. The lowest BCUT2D eigenvalue weighted by molar-refractivity contribution is 0.590. The summed E-state index contributed by atoms with van der Waals surface area (Å²) in [6.45, 7) is 16.0. The average Bonchev–Trinajstić information content (AvgIpc) is 1.57. The summed E-state index contributed by atoms with van der Waals surface area (Å²) in [6.07, 6.45) is 2.22. The van der Waals surface area contributed by atoms with Crippen LogP contribution >= 0.6 is 34.0 Å². The first-order valence-corrected chi connectivity index (χ1v) is 54.1. The molecule has 0 radical (unpaired) electrons. The fourth-order valence-corrected chi connectivity index (χ4v) is 26.6. The van der Waals surface area contributed by atoms with Crippen molar-refractivity contribution in [3.63, 3.8) is 0 Å². The van der Waals surface area contributed by atoms with Gasteiger partial charge >= 0.3 is 0 Å². The van der Waals surface area contributed by atoms with Crippen LogP contribution in [0, 0.1) is 5.92 Å². The van der Waals surface area contributed by atoms with Gasteiger partial charge in [0.05, 0.1) is 0 Å². The summed E-state index contributed by atoms with van der Waals surface area (Å²) < 4.78 is 8.05. The lowest BCUT2D eigenvalue weighted by atomic mass is 9.83. The van der Waals surface area contributed by atoms with Crippen LogP contribution in [-0.2, 0) is 11.8 Å². The van der Waals surface area contributed by atoms with E-state index in [2.05, 4.69) is 540 Å². The molecule has 0 aliphatic heterocycles. The molecule has 147 heavy (non-hydrogen) atoms. The molecular weight excluding hydrogens is 1830 g/mol. The van der Waals surface area contributed by atoms with E-state index in [-0.39, 0.29) is 5.41 Å². The number of hydrogen-bond donors (Lipinski definition) is 0. The van der Waals surface area contributed by atoms with E-state index in [1.807, 2.05) is 34.0 Å². The third-order valence-corrected chi connectivity index (χ3v) is 34.0. The molecule has 0 N–H and O–H groups in total. The normalized spacial score (nSPS) is 12.0. The zero-order valence-corrected chi connectivity index (χ0v) is 86.0. The van der Waals surface area contributed by atoms with Gasteiger partial charge in [0.15, 0.2) is 0 Å². The first kappa shape index (κ1) is 91.7. The van der Waals surface area contributed by atoms with Gasteiger partial charge in [0.2, 0.25) is 0 Å². The van der Waals surface area contributed by atoms with Crippen LogP contribution in [0.2, 0.25) is 0 Å². The minimum atomic E-state index is 0.0954. The number of thiophene rings is 3. The van der Waals surface area contributed by atoms with Gasteiger partial charge in [-0.2, -0.15) is 0 Å². The van der Waals surface area contributed by atoms with Crippen molar-refractivity contribution >= 4 is 159 Å². The van der Waals surface area contributed by atoms with Crippen LogP contribution in [0.5, 0.6) is 0 Å². The van der Waals surface area contributed by atoms with E-state index in [0.29, 0.717) is 11.8 Å². The van der Waals surface area contributed by atoms with Crippen molar-refractivity contribution < 1.29 is 0 Å². The topological polar surface area (TPSA) is 0 Å². The smallest absolute Gasteiger partial charge is 0.0433 e. The van der Waals surface area contributed by atoms with Gasteiger partial charge in [-0.15, -0.1) is 34.0 Å². The highest BCUT2D eigenvalue weighted by Gasteiger charge is 2.26. The number of rotatable bonds is 16. The highest BCUT2D eigenvalue weighted by Crippen LogP contribution is 2.53. The van der Waals surface area contributed by atoms with E-state index in [1.54, 1.807) is 0 Å². The molecule has 0 amide bonds. The highest BCUT2D eigenvalue weighted by atomic mass is 32.1. The molecule has 3 heterocycles. The van der Waals surface area contributed by atoms with Crippen LogP contribution in [-0.4, -0.2) is 0 Å². The predicted molar refractivity (Wildman–Crippen MR) is 644 cm³/mol. The molecule has 3 aromatic heterocycles. The Morgan fingerprint density at radius 1 is 0.190 bits per heavy atom. The average molecular weight is 1930 g/mol. The molecule has 0 aliphatic carbocycles. The molecule has 0 nitrogen and oxygen atoms in total. The molecule has 0 saturated heterocycles. The zero-order chi connectivity index (χ0) is 98.9. The second-order valence-corrected chi connectivity index (χ2v) is 44.1. The fraction of sp³-hybridized carbons (Fsp3) is 0.0833. The third-order valence-electron chi connectivity index (χ3n) is 30.3. The Bertz CT molecular complexity index is 9730. The van der Waals surface area contributed by atoms with Gasteiger partial charge in [0, 0.05) is 60.5 Å². The Morgan fingerprint density at radius 2 is 0.422 bits per heavy atom. The lowest BCUT2D eigenvalue weighted by Gasteiger charge is -2.21. The molecule has 0 bridgehead atoms. The number of hydrogen-bond acceptors (Lipinski definition) is 3. The van der Waals surface area contributed by atoms with Crippen molar-refractivity contribution in [3.8, 4) is 134 Å². The quantitative estimate of drug-likeness (QED) is 0.0846. The van der Waals surface area contributed by atoms with E-state index in [0.717, 1.165) is 12.8 Å². The number of fused-ring (bicyclic) bond motifs is 15. The summed E-state index contributed by atoms with van der Waals surface area (Å²) in [4.78, 5) is 0. The summed E-state index contributed by atoms with van der Waals surface area (Å²) in [5.41, 5.74) is 34.5. The molecule has 27 rings (SSSR count).